The first-order chi connectivity index (χ1) is 5.61. The van der Waals surface area contributed by atoms with Crippen molar-refractivity contribution in [3.8, 4) is 0 Å². The Morgan fingerprint density at radius 3 is 2.42 bits per heavy atom. The van der Waals surface area contributed by atoms with Gasteiger partial charge in [0.15, 0.2) is 0 Å². The molecule has 1 atom stereocenters. The molecular formula is C10H22N2. The lowest BCUT2D eigenvalue weighted by Gasteiger charge is -2.24. The summed E-state index contributed by atoms with van der Waals surface area (Å²) >= 11 is 0. The van der Waals surface area contributed by atoms with Crippen LogP contribution < -0.4 is 0 Å². The number of hydrogen-bond donors (Lipinski definition) is 0. The summed E-state index contributed by atoms with van der Waals surface area (Å²) in [6, 6.07) is 1.47. The summed E-state index contributed by atoms with van der Waals surface area (Å²) in [6.45, 7) is 10.6. The molecule has 0 aromatic heterocycles. The van der Waals surface area contributed by atoms with E-state index in [-0.39, 0.29) is 0 Å². The van der Waals surface area contributed by atoms with Gasteiger partial charge in [0, 0.05) is 25.2 Å². The van der Waals surface area contributed by atoms with E-state index >= 15 is 0 Å². The van der Waals surface area contributed by atoms with Gasteiger partial charge in [-0.1, -0.05) is 0 Å². The van der Waals surface area contributed by atoms with E-state index in [4.69, 9.17) is 0 Å². The lowest BCUT2D eigenvalue weighted by Crippen LogP contribution is -2.34. The maximum Gasteiger partial charge on any atom is 0.0112 e. The smallest absolute Gasteiger partial charge is 0.0112 e. The Kier molecular flexibility index (Phi) is 3.53. The summed E-state index contributed by atoms with van der Waals surface area (Å²) in [6.07, 6.45) is 1.31. The van der Waals surface area contributed by atoms with Gasteiger partial charge in [0.05, 0.1) is 0 Å². The largest absolute Gasteiger partial charge is 0.302 e. The minimum atomic E-state index is 0.712. The normalized spacial score (nSPS) is 29.2. The summed E-state index contributed by atoms with van der Waals surface area (Å²) in [5.74, 6) is 0. The van der Waals surface area contributed by atoms with Crippen LogP contribution in [-0.4, -0.2) is 48.6 Å². The summed E-state index contributed by atoms with van der Waals surface area (Å²) in [7, 11) is 2.23. The molecule has 1 aliphatic rings. The van der Waals surface area contributed by atoms with Gasteiger partial charge in [-0.15, -0.1) is 0 Å². The molecule has 0 aromatic rings. The van der Waals surface area contributed by atoms with Crippen molar-refractivity contribution < 1.29 is 0 Å². The van der Waals surface area contributed by atoms with Crippen molar-refractivity contribution in [2.45, 2.75) is 39.3 Å². The van der Waals surface area contributed by atoms with Crippen molar-refractivity contribution >= 4 is 0 Å². The summed E-state index contributed by atoms with van der Waals surface area (Å²) in [5.41, 5.74) is 0. The minimum absolute atomic E-state index is 0.712. The van der Waals surface area contributed by atoms with Crippen LogP contribution in [-0.2, 0) is 0 Å². The Morgan fingerprint density at radius 1 is 1.17 bits per heavy atom. The second kappa shape index (κ2) is 4.24. The van der Waals surface area contributed by atoms with E-state index in [0.29, 0.717) is 6.04 Å². The molecule has 0 saturated carbocycles. The Hall–Kier alpha value is -0.0800. The molecule has 0 bridgehead atoms. The minimum Gasteiger partial charge on any atom is -0.302 e. The van der Waals surface area contributed by atoms with E-state index in [1.807, 2.05) is 0 Å². The second-order valence-electron chi connectivity index (χ2n) is 4.25. The number of nitrogens with zero attached hydrogens (tertiary/aromatic N) is 2. The fraction of sp³-hybridized carbons (Fsp3) is 1.00. The highest BCUT2D eigenvalue weighted by Gasteiger charge is 2.18. The molecule has 1 unspecified atom stereocenters. The molecule has 0 N–H and O–H groups in total. The van der Waals surface area contributed by atoms with Crippen molar-refractivity contribution in [1.82, 2.24) is 9.80 Å². The fourth-order valence-corrected chi connectivity index (χ4v) is 1.71. The molecule has 1 heterocycles. The molecule has 2 heteroatoms. The molecule has 2 nitrogen and oxygen atoms in total. The molecule has 0 radical (unpaired) electrons. The molecule has 72 valence electrons. The highest BCUT2D eigenvalue weighted by atomic mass is 15.2. The van der Waals surface area contributed by atoms with Gasteiger partial charge in [0.2, 0.25) is 0 Å². The van der Waals surface area contributed by atoms with E-state index in [9.17, 15) is 0 Å². The standard InChI is InChI=1S/C10H22N2/c1-9(2)12-6-5-10(3)11(4)7-8-12/h9-10H,5-8H2,1-4H3. The average Bonchev–Trinajstić information content (AvgIpc) is 2.16. The zero-order valence-corrected chi connectivity index (χ0v) is 8.88. The summed E-state index contributed by atoms with van der Waals surface area (Å²) in [5, 5.41) is 0. The molecule has 1 fully saturated rings. The molecule has 0 amide bonds. The zero-order valence-electron chi connectivity index (χ0n) is 8.88. The van der Waals surface area contributed by atoms with Crippen molar-refractivity contribution in [2.75, 3.05) is 26.7 Å². The lowest BCUT2D eigenvalue weighted by atomic mass is 10.2. The molecular weight excluding hydrogens is 148 g/mol. The van der Waals surface area contributed by atoms with Crippen LogP contribution in [0.15, 0.2) is 0 Å². The molecule has 12 heavy (non-hydrogen) atoms. The number of hydrogen-bond acceptors (Lipinski definition) is 2. The Morgan fingerprint density at radius 2 is 1.83 bits per heavy atom. The first-order valence-electron chi connectivity index (χ1n) is 5.05. The first kappa shape index (κ1) is 10.0. The number of rotatable bonds is 1. The van der Waals surface area contributed by atoms with Crippen LogP contribution in [0.2, 0.25) is 0 Å². The third-order valence-corrected chi connectivity index (χ3v) is 3.06. The van der Waals surface area contributed by atoms with Gasteiger partial charge >= 0.3 is 0 Å². The molecule has 0 spiro atoms. The van der Waals surface area contributed by atoms with E-state index in [2.05, 4.69) is 37.6 Å². The van der Waals surface area contributed by atoms with E-state index in [1.165, 1.54) is 26.1 Å². The maximum atomic E-state index is 2.57. The Labute approximate surface area is 76.5 Å². The van der Waals surface area contributed by atoms with Crippen LogP contribution in [0.3, 0.4) is 0 Å². The van der Waals surface area contributed by atoms with Crippen molar-refractivity contribution in [1.29, 1.82) is 0 Å². The van der Waals surface area contributed by atoms with Crippen LogP contribution in [0.1, 0.15) is 27.2 Å². The van der Waals surface area contributed by atoms with E-state index in [1.54, 1.807) is 0 Å². The fourth-order valence-electron chi connectivity index (χ4n) is 1.71. The van der Waals surface area contributed by atoms with Gasteiger partial charge < -0.3 is 4.90 Å². The highest BCUT2D eigenvalue weighted by molar-refractivity contribution is 4.74. The number of likely N-dealkylation sites (N-methyl/N-ethyl adjacent to an activating group) is 1. The maximum absolute atomic E-state index is 2.57. The monoisotopic (exact) mass is 170 g/mol. The molecule has 1 saturated heterocycles. The predicted octanol–water partition coefficient (Wildman–Crippen LogP) is 1.42. The zero-order chi connectivity index (χ0) is 9.14. The predicted molar refractivity (Wildman–Crippen MR) is 53.4 cm³/mol. The topological polar surface area (TPSA) is 6.48 Å². The van der Waals surface area contributed by atoms with Crippen LogP contribution in [0.25, 0.3) is 0 Å². The van der Waals surface area contributed by atoms with E-state index in [0.717, 1.165) is 6.04 Å². The van der Waals surface area contributed by atoms with Crippen LogP contribution in [0.5, 0.6) is 0 Å². The SMILES string of the molecule is CC1CCN(C(C)C)CCN1C. The second-order valence-corrected chi connectivity index (χ2v) is 4.25. The Balaban J connectivity index is 2.44. The van der Waals surface area contributed by atoms with Crippen LogP contribution >= 0.6 is 0 Å². The highest BCUT2D eigenvalue weighted by Crippen LogP contribution is 2.10. The summed E-state index contributed by atoms with van der Waals surface area (Å²) < 4.78 is 0. The Bertz CT molecular complexity index is 122. The van der Waals surface area contributed by atoms with Crippen molar-refractivity contribution in [3.05, 3.63) is 0 Å². The molecule has 1 aliphatic heterocycles. The first-order valence-corrected chi connectivity index (χ1v) is 5.05. The summed E-state index contributed by atoms with van der Waals surface area (Å²) in [4.78, 5) is 5.03. The molecule has 0 aromatic carbocycles. The van der Waals surface area contributed by atoms with Gasteiger partial charge in [-0.2, -0.15) is 0 Å². The quantitative estimate of drug-likeness (QED) is 0.587. The van der Waals surface area contributed by atoms with Crippen LogP contribution in [0, 0.1) is 0 Å². The third-order valence-electron chi connectivity index (χ3n) is 3.06. The van der Waals surface area contributed by atoms with Crippen LogP contribution in [0.4, 0.5) is 0 Å². The van der Waals surface area contributed by atoms with Crippen molar-refractivity contribution in [3.63, 3.8) is 0 Å². The molecule has 0 aliphatic carbocycles. The van der Waals surface area contributed by atoms with Crippen molar-refractivity contribution in [2.24, 2.45) is 0 Å². The van der Waals surface area contributed by atoms with Gasteiger partial charge in [0.25, 0.3) is 0 Å². The van der Waals surface area contributed by atoms with Gasteiger partial charge in [0.1, 0.15) is 0 Å². The van der Waals surface area contributed by atoms with Gasteiger partial charge in [-0.25, -0.2) is 0 Å². The van der Waals surface area contributed by atoms with E-state index < -0.39 is 0 Å². The lowest BCUT2D eigenvalue weighted by molar-refractivity contribution is 0.226. The molecule has 1 rings (SSSR count). The third kappa shape index (κ3) is 2.46. The van der Waals surface area contributed by atoms with Gasteiger partial charge in [-0.05, 0) is 40.8 Å². The van der Waals surface area contributed by atoms with Gasteiger partial charge in [-0.3, -0.25) is 4.90 Å². The average molecular weight is 170 g/mol.